The first-order valence-electron chi connectivity index (χ1n) is 19.5. The van der Waals surface area contributed by atoms with Gasteiger partial charge in [-0.15, -0.1) is 0 Å². The van der Waals surface area contributed by atoms with E-state index in [4.69, 9.17) is 13.1 Å². The van der Waals surface area contributed by atoms with Gasteiger partial charge in [0.25, 0.3) is 0 Å². The number of hydrogen-bond acceptors (Lipinski definition) is 0. The second-order valence-electron chi connectivity index (χ2n) is 15.2. The lowest BCUT2D eigenvalue weighted by atomic mass is 9.94. The maximum Gasteiger partial charge on any atom is 0.415 e. The molecule has 286 valence electrons. The molecular weight excluding hydrogens is 750 g/mol. The number of benzene rings is 8. The van der Waals surface area contributed by atoms with Crippen molar-refractivity contribution in [2.45, 2.75) is 20.0 Å². The maximum atomic E-state index is 14.9. The monoisotopic (exact) mass is 782 g/mol. The Hall–Kier alpha value is -7.87. The molecule has 0 spiro atoms. The van der Waals surface area contributed by atoms with Gasteiger partial charge in [0.05, 0.1) is 52.1 Å². The van der Waals surface area contributed by atoms with E-state index in [0.29, 0.717) is 11.4 Å². The average Bonchev–Trinajstić information content (AvgIpc) is 3.78. The minimum Gasteiger partial charge on any atom is -0.308 e. The number of halogens is 3. The van der Waals surface area contributed by atoms with Crippen molar-refractivity contribution in [1.29, 1.82) is 0 Å². The summed E-state index contributed by atoms with van der Waals surface area (Å²) >= 11 is 0. The van der Waals surface area contributed by atoms with Crippen molar-refractivity contribution in [2.75, 3.05) is 0 Å². The summed E-state index contributed by atoms with van der Waals surface area (Å²) in [5.74, 6) is 0. The van der Waals surface area contributed by atoms with Crippen LogP contribution in [0.15, 0.2) is 164 Å². The Morgan fingerprint density at radius 3 is 1.37 bits per heavy atom. The molecule has 0 unspecified atom stereocenters. The minimum atomic E-state index is -4.78. The summed E-state index contributed by atoms with van der Waals surface area (Å²) in [4.78, 5) is 7.45. The van der Waals surface area contributed by atoms with Crippen LogP contribution in [0.2, 0.25) is 0 Å². The molecule has 60 heavy (non-hydrogen) atoms. The second-order valence-corrected chi connectivity index (χ2v) is 15.2. The Labute approximate surface area is 344 Å². The first-order valence-corrected chi connectivity index (χ1v) is 19.5. The molecule has 0 N–H and O–H groups in total. The third kappa shape index (κ3) is 5.82. The van der Waals surface area contributed by atoms with E-state index in [1.165, 1.54) is 17.7 Å². The van der Waals surface area contributed by atoms with Gasteiger partial charge in [0.15, 0.2) is 11.4 Å². The highest BCUT2D eigenvalue weighted by Gasteiger charge is 2.36. The van der Waals surface area contributed by atoms with Crippen LogP contribution in [0.4, 0.5) is 24.5 Å². The minimum absolute atomic E-state index is 0.0000174. The van der Waals surface area contributed by atoms with Gasteiger partial charge in [-0.05, 0) is 95.8 Å². The standard InChI is InChI=1S/C53H33F3N4/c1-32-16-20-34(21-17-32)36-24-26-48-40(28-36)38-10-5-7-14-46(38)59(48)50-30-42(52-43(53(54,55)56)12-9-13-44(52)57-3)45(58-4)31-51(50)60-47-15-8-6-11-39(47)41-29-37(25-27-49(41)60)35-22-18-33(2)19-23-35/h5-31H,1-2H3. The van der Waals surface area contributed by atoms with Crippen molar-refractivity contribution in [1.82, 2.24) is 9.13 Å². The first kappa shape index (κ1) is 36.5. The van der Waals surface area contributed by atoms with Crippen LogP contribution in [0.25, 0.3) is 98.1 Å². The van der Waals surface area contributed by atoms with Crippen LogP contribution in [0.1, 0.15) is 16.7 Å². The molecule has 0 amide bonds. The zero-order valence-corrected chi connectivity index (χ0v) is 32.5. The Balaban J connectivity index is 1.34. The smallest absolute Gasteiger partial charge is 0.308 e. The van der Waals surface area contributed by atoms with Crippen LogP contribution in [0.5, 0.6) is 0 Å². The van der Waals surface area contributed by atoms with Gasteiger partial charge in [-0.1, -0.05) is 126 Å². The number of para-hydroxylation sites is 2. The molecule has 0 atom stereocenters. The van der Waals surface area contributed by atoms with Crippen molar-refractivity contribution in [3.05, 3.63) is 203 Å². The molecule has 10 rings (SSSR count). The van der Waals surface area contributed by atoms with Crippen molar-refractivity contribution in [3.63, 3.8) is 0 Å². The Kier molecular flexibility index (Phi) is 8.45. The normalized spacial score (nSPS) is 11.7. The lowest BCUT2D eigenvalue weighted by molar-refractivity contribution is -0.137. The number of nitrogens with zero attached hydrogens (tertiary/aromatic N) is 4. The quantitative estimate of drug-likeness (QED) is 0.155. The molecule has 10 aromatic rings. The molecule has 8 aromatic carbocycles. The third-order valence-electron chi connectivity index (χ3n) is 11.5. The van der Waals surface area contributed by atoms with Gasteiger partial charge >= 0.3 is 6.18 Å². The SMILES string of the molecule is [C-]#[N+]c1cc(-n2c3ccccc3c3cc(-c4ccc(C)cc4)ccc32)c(-n2c3ccccc3c3cc(-c4ccc(C)cc4)ccc32)cc1-c1c([N+]#[C-])cccc1C(F)(F)F. The number of fused-ring (bicyclic) bond motifs is 6. The molecule has 2 aromatic heterocycles. The molecule has 0 radical (unpaired) electrons. The van der Waals surface area contributed by atoms with E-state index in [1.54, 1.807) is 12.1 Å². The van der Waals surface area contributed by atoms with E-state index in [2.05, 4.69) is 130 Å². The van der Waals surface area contributed by atoms with E-state index in [9.17, 15) is 13.2 Å². The zero-order valence-electron chi connectivity index (χ0n) is 32.5. The van der Waals surface area contributed by atoms with Crippen molar-refractivity contribution < 1.29 is 13.2 Å². The Morgan fingerprint density at radius 2 is 0.883 bits per heavy atom. The fourth-order valence-electron chi connectivity index (χ4n) is 8.69. The predicted octanol–water partition coefficient (Wildman–Crippen LogP) is 15.6. The molecular formula is C53H33F3N4. The third-order valence-corrected chi connectivity index (χ3v) is 11.5. The lowest BCUT2D eigenvalue weighted by Crippen LogP contribution is -2.08. The zero-order chi connectivity index (χ0) is 41.3. The van der Waals surface area contributed by atoms with Crippen LogP contribution >= 0.6 is 0 Å². The topological polar surface area (TPSA) is 18.6 Å². The molecule has 4 nitrogen and oxygen atoms in total. The molecule has 0 aliphatic heterocycles. The summed E-state index contributed by atoms with van der Waals surface area (Å²) in [5, 5.41) is 3.91. The molecule has 0 saturated heterocycles. The van der Waals surface area contributed by atoms with Crippen LogP contribution in [-0.2, 0) is 6.18 Å². The van der Waals surface area contributed by atoms with E-state index >= 15 is 0 Å². The summed E-state index contributed by atoms with van der Waals surface area (Å²) in [6, 6.07) is 52.5. The summed E-state index contributed by atoms with van der Waals surface area (Å²) in [5.41, 5.74) is 9.71. The van der Waals surface area contributed by atoms with Crippen LogP contribution < -0.4 is 0 Å². The predicted molar refractivity (Wildman–Crippen MR) is 238 cm³/mol. The molecule has 7 heteroatoms. The van der Waals surface area contributed by atoms with Gasteiger partial charge in [-0.3, -0.25) is 0 Å². The molecule has 0 saturated carbocycles. The van der Waals surface area contributed by atoms with Crippen molar-refractivity contribution in [3.8, 4) is 44.8 Å². The van der Waals surface area contributed by atoms with Crippen LogP contribution in [0.3, 0.4) is 0 Å². The van der Waals surface area contributed by atoms with Gasteiger partial charge in [0, 0.05) is 21.5 Å². The van der Waals surface area contributed by atoms with Crippen LogP contribution in [0, 0.1) is 27.0 Å². The first-order chi connectivity index (χ1) is 29.1. The summed E-state index contributed by atoms with van der Waals surface area (Å²) < 4.78 is 48.9. The van der Waals surface area contributed by atoms with Crippen molar-refractivity contribution >= 4 is 55.0 Å². The molecule has 0 bridgehead atoms. The number of hydrogen-bond donors (Lipinski definition) is 0. The van der Waals surface area contributed by atoms with Gasteiger partial charge in [-0.25, -0.2) is 9.69 Å². The highest BCUT2D eigenvalue weighted by Crippen LogP contribution is 2.49. The number of alkyl halides is 3. The van der Waals surface area contributed by atoms with Gasteiger partial charge in [0.2, 0.25) is 0 Å². The Morgan fingerprint density at radius 1 is 0.433 bits per heavy atom. The van der Waals surface area contributed by atoms with Crippen molar-refractivity contribution in [2.24, 2.45) is 0 Å². The number of aryl methyl sites for hydroxylation is 2. The second kappa shape index (κ2) is 13.9. The summed E-state index contributed by atoms with van der Waals surface area (Å²) in [6.07, 6.45) is -4.78. The number of rotatable bonds is 5. The largest absolute Gasteiger partial charge is 0.415 e. The molecule has 0 aliphatic rings. The van der Waals surface area contributed by atoms with E-state index in [0.717, 1.165) is 77.5 Å². The van der Waals surface area contributed by atoms with Gasteiger partial charge < -0.3 is 9.13 Å². The van der Waals surface area contributed by atoms with E-state index in [-0.39, 0.29) is 22.5 Å². The fraction of sp³-hybridized carbons (Fsp3) is 0.0566. The van der Waals surface area contributed by atoms with Gasteiger partial charge in [0.1, 0.15) is 0 Å². The number of aromatic nitrogens is 2. The van der Waals surface area contributed by atoms with E-state index in [1.807, 2.05) is 36.4 Å². The highest BCUT2D eigenvalue weighted by atomic mass is 19.4. The summed E-state index contributed by atoms with van der Waals surface area (Å²) in [7, 11) is 0. The highest BCUT2D eigenvalue weighted by molar-refractivity contribution is 6.13. The molecule has 0 aliphatic carbocycles. The fourth-order valence-corrected chi connectivity index (χ4v) is 8.69. The van der Waals surface area contributed by atoms with E-state index < -0.39 is 11.7 Å². The lowest BCUT2D eigenvalue weighted by Gasteiger charge is -2.22. The molecule has 2 heterocycles. The van der Waals surface area contributed by atoms with Crippen LogP contribution in [-0.4, -0.2) is 9.13 Å². The molecule has 0 fully saturated rings. The average molecular weight is 783 g/mol. The van der Waals surface area contributed by atoms with Gasteiger partial charge in [-0.2, -0.15) is 13.2 Å². The maximum absolute atomic E-state index is 14.9. The summed E-state index contributed by atoms with van der Waals surface area (Å²) in [6.45, 7) is 20.5. The Bertz CT molecular complexity index is 3450.